The number of ether oxygens (including phenoxy) is 1. The molecule has 1 atom stereocenters. The fourth-order valence-corrected chi connectivity index (χ4v) is 2.26. The van der Waals surface area contributed by atoms with Gasteiger partial charge in [-0.1, -0.05) is 6.92 Å². The Morgan fingerprint density at radius 3 is 2.88 bits per heavy atom. The van der Waals surface area contributed by atoms with Gasteiger partial charge in [-0.05, 0) is 36.1 Å². The van der Waals surface area contributed by atoms with Crippen LogP contribution in [-0.2, 0) is 11.2 Å². The Balaban J connectivity index is 2.43. The minimum absolute atomic E-state index is 0.109. The van der Waals surface area contributed by atoms with Gasteiger partial charge in [0, 0.05) is 19.2 Å². The molecule has 86 valence electrons. The van der Waals surface area contributed by atoms with Crippen molar-refractivity contribution < 1.29 is 9.53 Å². The molecule has 1 aliphatic rings. The molecule has 0 saturated carbocycles. The van der Waals surface area contributed by atoms with Gasteiger partial charge in [0.15, 0.2) is 0 Å². The molecule has 3 heteroatoms. The molecule has 1 aromatic carbocycles. The number of methoxy groups -OCH3 is 1. The van der Waals surface area contributed by atoms with Crippen LogP contribution in [0, 0.1) is 5.92 Å². The summed E-state index contributed by atoms with van der Waals surface area (Å²) in [5, 5.41) is 0. The number of nitrogens with zero attached hydrogens (tertiary/aromatic N) is 1. The maximum Gasteiger partial charge on any atom is 0.223 e. The molecular weight excluding hydrogens is 202 g/mol. The molecule has 1 aliphatic heterocycles. The Kier molecular flexibility index (Phi) is 2.86. The number of anilines is 1. The lowest BCUT2D eigenvalue weighted by atomic mass is 9.93. The van der Waals surface area contributed by atoms with Gasteiger partial charge in [-0.2, -0.15) is 0 Å². The van der Waals surface area contributed by atoms with Crippen LogP contribution >= 0.6 is 0 Å². The molecule has 0 bridgehead atoms. The number of carbonyl (C=O) groups is 1. The first-order valence-corrected chi connectivity index (χ1v) is 5.57. The molecule has 1 heterocycles. The average Bonchev–Trinajstić information content (AvgIpc) is 2.26. The summed E-state index contributed by atoms with van der Waals surface area (Å²) in [5.41, 5.74) is 2.24. The highest BCUT2D eigenvalue weighted by atomic mass is 16.5. The Hall–Kier alpha value is -1.51. The summed E-state index contributed by atoms with van der Waals surface area (Å²) < 4.78 is 5.21. The van der Waals surface area contributed by atoms with Crippen LogP contribution in [0.25, 0.3) is 0 Å². The molecule has 2 rings (SSSR count). The topological polar surface area (TPSA) is 29.5 Å². The zero-order valence-electron chi connectivity index (χ0n) is 9.99. The normalized spacial score (nSPS) is 19.2. The molecular formula is C13H17NO2. The zero-order chi connectivity index (χ0) is 11.7. The molecule has 0 spiro atoms. The summed E-state index contributed by atoms with van der Waals surface area (Å²) >= 11 is 0. The van der Waals surface area contributed by atoms with Crippen molar-refractivity contribution in [2.45, 2.75) is 20.3 Å². The van der Waals surface area contributed by atoms with Crippen LogP contribution in [0.3, 0.4) is 0 Å². The molecule has 1 amide bonds. The predicted molar refractivity (Wildman–Crippen MR) is 63.9 cm³/mol. The van der Waals surface area contributed by atoms with E-state index in [0.717, 1.165) is 24.4 Å². The maximum atomic E-state index is 11.6. The number of amides is 1. The molecule has 0 saturated heterocycles. The fourth-order valence-electron chi connectivity index (χ4n) is 2.26. The first-order chi connectivity index (χ1) is 7.61. The molecule has 0 N–H and O–H groups in total. The first kappa shape index (κ1) is 11.0. The summed E-state index contributed by atoms with van der Waals surface area (Å²) in [4.78, 5) is 13.4. The number of hydrogen-bond donors (Lipinski definition) is 0. The third-order valence-electron chi connectivity index (χ3n) is 3.02. The zero-order valence-corrected chi connectivity index (χ0v) is 9.99. The Morgan fingerprint density at radius 2 is 2.25 bits per heavy atom. The lowest BCUT2D eigenvalue weighted by Crippen LogP contribution is -2.37. The third-order valence-corrected chi connectivity index (χ3v) is 3.02. The van der Waals surface area contributed by atoms with E-state index in [1.54, 1.807) is 14.0 Å². The standard InChI is InChI=1S/C13H17NO2/c1-9-6-11-7-12(16-3)4-5-13(11)14(8-9)10(2)15/h4-5,7,9H,6,8H2,1-3H3. The van der Waals surface area contributed by atoms with Crippen LogP contribution in [0.15, 0.2) is 18.2 Å². The number of benzene rings is 1. The largest absolute Gasteiger partial charge is 0.497 e. The van der Waals surface area contributed by atoms with Crippen molar-refractivity contribution in [3.05, 3.63) is 23.8 Å². The number of hydrogen-bond acceptors (Lipinski definition) is 2. The molecule has 1 unspecified atom stereocenters. The highest BCUT2D eigenvalue weighted by Crippen LogP contribution is 2.32. The van der Waals surface area contributed by atoms with Crippen molar-refractivity contribution in [3.63, 3.8) is 0 Å². The summed E-state index contributed by atoms with van der Waals surface area (Å²) in [5.74, 6) is 1.47. The summed E-state index contributed by atoms with van der Waals surface area (Å²) in [6.45, 7) is 4.60. The van der Waals surface area contributed by atoms with Crippen LogP contribution in [0.4, 0.5) is 5.69 Å². The average molecular weight is 219 g/mol. The van der Waals surface area contributed by atoms with Crippen molar-refractivity contribution in [3.8, 4) is 5.75 Å². The lowest BCUT2D eigenvalue weighted by Gasteiger charge is -2.32. The second-order valence-corrected chi connectivity index (χ2v) is 4.43. The smallest absolute Gasteiger partial charge is 0.223 e. The quantitative estimate of drug-likeness (QED) is 0.725. The van der Waals surface area contributed by atoms with Gasteiger partial charge >= 0.3 is 0 Å². The van der Waals surface area contributed by atoms with Gasteiger partial charge in [0.2, 0.25) is 5.91 Å². The first-order valence-electron chi connectivity index (χ1n) is 5.57. The third kappa shape index (κ3) is 1.90. The van der Waals surface area contributed by atoms with Gasteiger partial charge in [-0.25, -0.2) is 0 Å². The fraction of sp³-hybridized carbons (Fsp3) is 0.462. The van der Waals surface area contributed by atoms with E-state index in [4.69, 9.17) is 4.74 Å². The van der Waals surface area contributed by atoms with E-state index in [-0.39, 0.29) is 5.91 Å². The second-order valence-electron chi connectivity index (χ2n) is 4.43. The monoisotopic (exact) mass is 219 g/mol. The van der Waals surface area contributed by atoms with E-state index in [9.17, 15) is 4.79 Å². The van der Waals surface area contributed by atoms with Gasteiger partial charge in [0.25, 0.3) is 0 Å². The van der Waals surface area contributed by atoms with E-state index in [0.29, 0.717) is 5.92 Å². The van der Waals surface area contributed by atoms with Crippen LogP contribution < -0.4 is 9.64 Å². The molecule has 0 radical (unpaired) electrons. The van der Waals surface area contributed by atoms with E-state index in [1.807, 2.05) is 23.1 Å². The van der Waals surface area contributed by atoms with Crippen molar-refractivity contribution in [1.82, 2.24) is 0 Å². The molecule has 16 heavy (non-hydrogen) atoms. The minimum atomic E-state index is 0.109. The van der Waals surface area contributed by atoms with Gasteiger partial charge in [-0.15, -0.1) is 0 Å². The van der Waals surface area contributed by atoms with E-state index in [2.05, 4.69) is 6.92 Å². The molecule has 0 aromatic heterocycles. The highest BCUT2D eigenvalue weighted by molar-refractivity contribution is 5.93. The van der Waals surface area contributed by atoms with Crippen molar-refractivity contribution in [1.29, 1.82) is 0 Å². The van der Waals surface area contributed by atoms with Crippen LogP contribution in [0.5, 0.6) is 5.75 Å². The number of rotatable bonds is 1. The minimum Gasteiger partial charge on any atom is -0.497 e. The van der Waals surface area contributed by atoms with Gasteiger partial charge in [0.05, 0.1) is 7.11 Å². The molecule has 3 nitrogen and oxygen atoms in total. The van der Waals surface area contributed by atoms with Gasteiger partial charge in [-0.3, -0.25) is 4.79 Å². The lowest BCUT2D eigenvalue weighted by molar-refractivity contribution is -0.116. The van der Waals surface area contributed by atoms with Crippen molar-refractivity contribution in [2.75, 3.05) is 18.6 Å². The van der Waals surface area contributed by atoms with Gasteiger partial charge < -0.3 is 9.64 Å². The van der Waals surface area contributed by atoms with Crippen LogP contribution in [0.1, 0.15) is 19.4 Å². The van der Waals surface area contributed by atoms with E-state index >= 15 is 0 Å². The SMILES string of the molecule is COc1ccc2c(c1)CC(C)CN2C(C)=O. The van der Waals surface area contributed by atoms with Crippen molar-refractivity contribution >= 4 is 11.6 Å². The Labute approximate surface area is 96.0 Å². The van der Waals surface area contributed by atoms with E-state index in [1.165, 1.54) is 5.56 Å². The summed E-state index contributed by atoms with van der Waals surface area (Å²) in [7, 11) is 1.66. The van der Waals surface area contributed by atoms with E-state index < -0.39 is 0 Å². The predicted octanol–water partition coefficient (Wildman–Crippen LogP) is 2.24. The van der Waals surface area contributed by atoms with Crippen molar-refractivity contribution in [2.24, 2.45) is 5.92 Å². The summed E-state index contributed by atoms with van der Waals surface area (Å²) in [6.07, 6.45) is 1.01. The maximum absolute atomic E-state index is 11.6. The Bertz CT molecular complexity index is 414. The van der Waals surface area contributed by atoms with Gasteiger partial charge in [0.1, 0.15) is 5.75 Å². The highest BCUT2D eigenvalue weighted by Gasteiger charge is 2.24. The van der Waals surface area contributed by atoms with Crippen LogP contribution in [0.2, 0.25) is 0 Å². The molecule has 0 fully saturated rings. The Morgan fingerprint density at radius 1 is 1.50 bits per heavy atom. The number of fused-ring (bicyclic) bond motifs is 1. The second kappa shape index (κ2) is 4.16. The molecule has 0 aliphatic carbocycles. The molecule has 1 aromatic rings. The summed E-state index contributed by atoms with van der Waals surface area (Å²) in [6, 6.07) is 5.91. The number of carbonyl (C=O) groups excluding carboxylic acids is 1. The van der Waals surface area contributed by atoms with Crippen LogP contribution in [-0.4, -0.2) is 19.6 Å².